The van der Waals surface area contributed by atoms with Gasteiger partial charge in [0.1, 0.15) is 36.6 Å². The predicted molar refractivity (Wildman–Crippen MR) is 113 cm³/mol. The summed E-state index contributed by atoms with van der Waals surface area (Å²) in [5.74, 6) is 1.54. The van der Waals surface area contributed by atoms with Crippen molar-refractivity contribution in [3.8, 4) is 17.2 Å². The molecule has 0 aliphatic heterocycles. The van der Waals surface area contributed by atoms with Gasteiger partial charge in [-0.3, -0.25) is 4.90 Å². The van der Waals surface area contributed by atoms with Gasteiger partial charge in [-0.15, -0.1) is 0 Å². The third-order valence-corrected chi connectivity index (χ3v) is 4.40. The van der Waals surface area contributed by atoms with E-state index in [1.54, 1.807) is 18.2 Å². The number of phenols is 1. The van der Waals surface area contributed by atoms with Crippen LogP contribution in [0.3, 0.4) is 0 Å². The molecule has 0 saturated heterocycles. The van der Waals surface area contributed by atoms with Crippen LogP contribution in [0, 0.1) is 0 Å². The number of rotatable bonds is 11. The van der Waals surface area contributed by atoms with Crippen LogP contribution in [0.1, 0.15) is 5.56 Å². The lowest BCUT2D eigenvalue weighted by molar-refractivity contribution is 0.0605. The average molecular weight is 393 g/mol. The highest BCUT2D eigenvalue weighted by molar-refractivity contribution is 5.31. The van der Waals surface area contributed by atoms with Gasteiger partial charge in [-0.25, -0.2) is 0 Å². The molecule has 1 atom stereocenters. The van der Waals surface area contributed by atoms with Crippen molar-refractivity contribution >= 4 is 0 Å². The largest absolute Gasteiger partial charge is 0.508 e. The molecule has 5 nitrogen and oxygen atoms in total. The number of ether oxygens (including phenoxy) is 2. The minimum Gasteiger partial charge on any atom is -0.508 e. The number of aromatic hydroxyl groups is 1. The van der Waals surface area contributed by atoms with Gasteiger partial charge < -0.3 is 19.7 Å². The van der Waals surface area contributed by atoms with Crippen molar-refractivity contribution in [2.75, 3.05) is 26.3 Å². The quantitative estimate of drug-likeness (QED) is 0.520. The molecule has 0 radical (unpaired) electrons. The molecule has 3 aromatic carbocycles. The van der Waals surface area contributed by atoms with Gasteiger partial charge in [-0.1, -0.05) is 54.6 Å². The third-order valence-electron chi connectivity index (χ3n) is 4.40. The number of aliphatic hydroxyl groups is 1. The summed E-state index contributed by atoms with van der Waals surface area (Å²) in [6, 6.07) is 26.4. The van der Waals surface area contributed by atoms with Crippen molar-refractivity contribution in [2.45, 2.75) is 12.6 Å². The van der Waals surface area contributed by atoms with Gasteiger partial charge in [0.15, 0.2) is 0 Å². The lowest BCUT2D eigenvalue weighted by atomic mass is 10.2. The maximum absolute atomic E-state index is 10.5. The standard InChI is InChI=1S/C24H27NO4/c26-21-10-7-13-24(16-21)28-15-14-25(17-20-8-3-1-4-9-20)18-22(27)19-29-23-11-5-2-6-12-23/h1-13,16,22,26-27H,14-15,17-19H2. The maximum atomic E-state index is 10.5. The number of hydrogen-bond donors (Lipinski definition) is 2. The molecule has 5 heteroatoms. The van der Waals surface area contributed by atoms with Gasteiger partial charge in [0, 0.05) is 25.7 Å². The van der Waals surface area contributed by atoms with Crippen molar-refractivity contribution in [3.63, 3.8) is 0 Å². The second-order valence-electron chi connectivity index (χ2n) is 6.84. The summed E-state index contributed by atoms with van der Waals surface area (Å²) in [7, 11) is 0. The fraction of sp³-hybridized carbons (Fsp3) is 0.250. The number of phenolic OH excluding ortho intramolecular Hbond substituents is 1. The van der Waals surface area contributed by atoms with Crippen LogP contribution in [0.2, 0.25) is 0 Å². The molecule has 0 spiro atoms. The van der Waals surface area contributed by atoms with E-state index >= 15 is 0 Å². The molecule has 3 aromatic rings. The van der Waals surface area contributed by atoms with Crippen molar-refractivity contribution in [3.05, 3.63) is 90.5 Å². The van der Waals surface area contributed by atoms with Crippen LogP contribution in [0.15, 0.2) is 84.9 Å². The lowest BCUT2D eigenvalue weighted by Crippen LogP contribution is -2.37. The van der Waals surface area contributed by atoms with E-state index in [4.69, 9.17) is 9.47 Å². The highest BCUT2D eigenvalue weighted by Crippen LogP contribution is 2.17. The molecule has 1 unspecified atom stereocenters. The van der Waals surface area contributed by atoms with E-state index in [1.165, 1.54) is 5.56 Å². The molecular formula is C24H27NO4. The van der Waals surface area contributed by atoms with E-state index < -0.39 is 6.10 Å². The van der Waals surface area contributed by atoms with Gasteiger partial charge >= 0.3 is 0 Å². The van der Waals surface area contributed by atoms with Crippen LogP contribution in [0.4, 0.5) is 0 Å². The number of benzene rings is 3. The van der Waals surface area contributed by atoms with Gasteiger partial charge in [-0.2, -0.15) is 0 Å². The van der Waals surface area contributed by atoms with Crippen molar-refractivity contribution < 1.29 is 19.7 Å². The maximum Gasteiger partial charge on any atom is 0.123 e. The minimum atomic E-state index is -0.625. The lowest BCUT2D eigenvalue weighted by Gasteiger charge is -2.25. The Hall–Kier alpha value is -3.02. The Morgan fingerprint density at radius 3 is 2.21 bits per heavy atom. The number of hydrogen-bond acceptors (Lipinski definition) is 5. The zero-order valence-corrected chi connectivity index (χ0v) is 16.4. The van der Waals surface area contributed by atoms with E-state index in [-0.39, 0.29) is 12.4 Å². The molecule has 0 heterocycles. The SMILES string of the molecule is Oc1cccc(OCCN(Cc2ccccc2)CC(O)COc2ccccc2)c1. The van der Waals surface area contributed by atoms with Gasteiger partial charge in [0.25, 0.3) is 0 Å². The first-order valence-electron chi connectivity index (χ1n) is 9.73. The first-order chi connectivity index (χ1) is 14.2. The molecule has 0 aliphatic carbocycles. The molecule has 3 rings (SSSR count). The second-order valence-corrected chi connectivity index (χ2v) is 6.84. The van der Waals surface area contributed by atoms with Crippen LogP contribution in [0.25, 0.3) is 0 Å². The Morgan fingerprint density at radius 1 is 0.793 bits per heavy atom. The topological polar surface area (TPSA) is 62.2 Å². The first kappa shape index (κ1) is 20.7. The summed E-state index contributed by atoms with van der Waals surface area (Å²) in [5, 5.41) is 20.0. The summed E-state index contributed by atoms with van der Waals surface area (Å²) < 4.78 is 11.4. The van der Waals surface area contributed by atoms with Crippen molar-refractivity contribution in [1.29, 1.82) is 0 Å². The van der Waals surface area contributed by atoms with Gasteiger partial charge in [0.2, 0.25) is 0 Å². The van der Waals surface area contributed by atoms with Crippen LogP contribution in [-0.4, -0.2) is 47.5 Å². The summed E-state index contributed by atoms with van der Waals surface area (Å²) >= 11 is 0. The minimum absolute atomic E-state index is 0.178. The summed E-state index contributed by atoms with van der Waals surface area (Å²) in [4.78, 5) is 2.14. The van der Waals surface area contributed by atoms with E-state index in [9.17, 15) is 10.2 Å². The number of para-hydroxylation sites is 1. The van der Waals surface area contributed by atoms with Crippen LogP contribution < -0.4 is 9.47 Å². The molecule has 152 valence electrons. The van der Waals surface area contributed by atoms with Gasteiger partial charge in [0.05, 0.1) is 0 Å². The Balaban J connectivity index is 1.53. The van der Waals surface area contributed by atoms with E-state index in [2.05, 4.69) is 17.0 Å². The summed E-state index contributed by atoms with van der Waals surface area (Å²) in [6.45, 7) is 2.47. The Morgan fingerprint density at radius 2 is 1.48 bits per heavy atom. The van der Waals surface area contributed by atoms with Crippen molar-refractivity contribution in [2.24, 2.45) is 0 Å². The van der Waals surface area contributed by atoms with Crippen LogP contribution in [-0.2, 0) is 6.54 Å². The zero-order chi connectivity index (χ0) is 20.3. The number of aliphatic hydroxyl groups excluding tert-OH is 1. The molecule has 0 fully saturated rings. The normalized spacial score (nSPS) is 11.9. The van der Waals surface area contributed by atoms with Crippen LogP contribution in [0.5, 0.6) is 17.2 Å². The molecule has 0 bridgehead atoms. The molecule has 2 N–H and O–H groups in total. The van der Waals surface area contributed by atoms with Crippen molar-refractivity contribution in [1.82, 2.24) is 4.90 Å². The Labute approximate surface area is 171 Å². The molecule has 0 saturated carbocycles. The number of nitrogens with zero attached hydrogens (tertiary/aromatic N) is 1. The third kappa shape index (κ3) is 7.49. The summed E-state index contributed by atoms with van der Waals surface area (Å²) in [5.41, 5.74) is 1.17. The first-order valence-corrected chi connectivity index (χ1v) is 9.73. The monoisotopic (exact) mass is 393 g/mol. The molecular weight excluding hydrogens is 366 g/mol. The van der Waals surface area contributed by atoms with E-state index in [0.717, 1.165) is 5.75 Å². The van der Waals surface area contributed by atoms with Crippen LogP contribution >= 0.6 is 0 Å². The summed E-state index contributed by atoms with van der Waals surface area (Å²) in [6.07, 6.45) is -0.625. The Kier molecular flexibility index (Phi) is 7.92. The fourth-order valence-electron chi connectivity index (χ4n) is 3.00. The second kappa shape index (κ2) is 11.1. The highest BCUT2D eigenvalue weighted by Gasteiger charge is 2.14. The molecule has 0 aromatic heterocycles. The Bertz CT molecular complexity index is 842. The smallest absolute Gasteiger partial charge is 0.123 e. The molecule has 0 aliphatic rings. The van der Waals surface area contributed by atoms with Gasteiger partial charge in [-0.05, 0) is 29.8 Å². The average Bonchev–Trinajstić information content (AvgIpc) is 2.74. The fourth-order valence-corrected chi connectivity index (χ4v) is 3.00. The predicted octanol–water partition coefficient (Wildman–Crippen LogP) is 3.71. The molecule has 0 amide bonds. The van der Waals surface area contributed by atoms with E-state index in [1.807, 2.05) is 54.6 Å². The molecule has 29 heavy (non-hydrogen) atoms. The zero-order valence-electron chi connectivity index (χ0n) is 16.4. The highest BCUT2D eigenvalue weighted by atomic mass is 16.5. The van der Waals surface area contributed by atoms with E-state index in [0.29, 0.717) is 32.0 Å².